The van der Waals surface area contributed by atoms with E-state index >= 15 is 0 Å². The molecule has 2 unspecified atom stereocenters. The number of rotatable bonds is 3. The van der Waals surface area contributed by atoms with E-state index in [1.165, 1.54) is 5.56 Å². The van der Waals surface area contributed by atoms with Gasteiger partial charge in [0.1, 0.15) is 0 Å². The van der Waals surface area contributed by atoms with Crippen LogP contribution >= 0.6 is 0 Å². The van der Waals surface area contributed by atoms with E-state index in [1.54, 1.807) is 6.92 Å². The summed E-state index contributed by atoms with van der Waals surface area (Å²) >= 11 is 0. The Balaban J connectivity index is 2.65. The summed E-state index contributed by atoms with van der Waals surface area (Å²) in [5.74, 6) is -0.122. The van der Waals surface area contributed by atoms with Crippen LogP contribution in [0.2, 0.25) is 0 Å². The molecule has 1 rings (SSSR count). The molecule has 0 aliphatic heterocycles. The summed E-state index contributed by atoms with van der Waals surface area (Å²) in [6.45, 7) is 5.66. The molecule has 0 saturated carbocycles. The zero-order valence-electron chi connectivity index (χ0n) is 9.45. The average Bonchev–Trinajstić information content (AvgIpc) is 2.18. The van der Waals surface area contributed by atoms with Crippen molar-refractivity contribution < 1.29 is 4.79 Å². The molecule has 2 atom stereocenters. The zero-order valence-corrected chi connectivity index (χ0v) is 9.45. The number of aryl methyl sites for hydroxylation is 1. The number of hydrogen-bond donors (Lipinski definition) is 2. The van der Waals surface area contributed by atoms with Crippen molar-refractivity contribution in [2.75, 3.05) is 0 Å². The van der Waals surface area contributed by atoms with Gasteiger partial charge in [-0.25, -0.2) is 0 Å². The van der Waals surface area contributed by atoms with Gasteiger partial charge >= 0.3 is 0 Å². The predicted octanol–water partition coefficient (Wildman–Crippen LogP) is 1.52. The fraction of sp³-hybridized carbons (Fsp3) is 0.417. The third-order valence-electron chi connectivity index (χ3n) is 2.35. The van der Waals surface area contributed by atoms with Gasteiger partial charge in [-0.1, -0.05) is 29.8 Å². The molecular weight excluding hydrogens is 188 g/mol. The van der Waals surface area contributed by atoms with Crippen LogP contribution in [0.15, 0.2) is 24.3 Å². The summed E-state index contributed by atoms with van der Waals surface area (Å²) in [5.41, 5.74) is 7.78. The SMILES string of the molecule is Cc1ccc(C(C)NC(=O)C(C)N)cc1. The summed E-state index contributed by atoms with van der Waals surface area (Å²) in [4.78, 5) is 11.4. The highest BCUT2D eigenvalue weighted by Gasteiger charge is 2.11. The van der Waals surface area contributed by atoms with Gasteiger partial charge in [0.15, 0.2) is 0 Å². The molecule has 0 fully saturated rings. The Morgan fingerprint density at radius 2 is 1.80 bits per heavy atom. The van der Waals surface area contributed by atoms with Crippen LogP contribution in [0, 0.1) is 6.92 Å². The van der Waals surface area contributed by atoms with Crippen molar-refractivity contribution in [1.82, 2.24) is 5.32 Å². The Hall–Kier alpha value is -1.35. The lowest BCUT2D eigenvalue weighted by Crippen LogP contribution is -2.39. The lowest BCUT2D eigenvalue weighted by Gasteiger charge is -2.16. The smallest absolute Gasteiger partial charge is 0.237 e. The van der Waals surface area contributed by atoms with Gasteiger partial charge in [-0.3, -0.25) is 4.79 Å². The van der Waals surface area contributed by atoms with Crippen molar-refractivity contribution in [2.24, 2.45) is 5.73 Å². The average molecular weight is 206 g/mol. The second-order valence-electron chi connectivity index (χ2n) is 3.93. The lowest BCUT2D eigenvalue weighted by molar-refractivity contribution is -0.122. The largest absolute Gasteiger partial charge is 0.348 e. The third-order valence-corrected chi connectivity index (χ3v) is 2.35. The molecule has 0 aliphatic rings. The first-order valence-electron chi connectivity index (χ1n) is 5.13. The van der Waals surface area contributed by atoms with Crippen LogP contribution < -0.4 is 11.1 Å². The second-order valence-corrected chi connectivity index (χ2v) is 3.93. The van der Waals surface area contributed by atoms with Gasteiger partial charge in [0.2, 0.25) is 5.91 Å². The maximum Gasteiger partial charge on any atom is 0.237 e. The molecule has 3 N–H and O–H groups in total. The topological polar surface area (TPSA) is 55.1 Å². The van der Waals surface area contributed by atoms with Gasteiger partial charge in [-0.2, -0.15) is 0 Å². The zero-order chi connectivity index (χ0) is 11.4. The molecule has 15 heavy (non-hydrogen) atoms. The molecule has 0 spiro atoms. The van der Waals surface area contributed by atoms with Gasteiger partial charge in [0, 0.05) is 0 Å². The number of carbonyl (C=O) groups excluding carboxylic acids is 1. The Morgan fingerprint density at radius 3 is 2.27 bits per heavy atom. The molecular formula is C12H18N2O. The van der Waals surface area contributed by atoms with Gasteiger partial charge in [0.25, 0.3) is 0 Å². The van der Waals surface area contributed by atoms with Crippen molar-refractivity contribution >= 4 is 5.91 Å². The van der Waals surface area contributed by atoms with E-state index in [0.29, 0.717) is 0 Å². The molecule has 0 saturated heterocycles. The molecule has 0 heterocycles. The van der Waals surface area contributed by atoms with Crippen LogP contribution in [0.4, 0.5) is 0 Å². The van der Waals surface area contributed by atoms with Gasteiger partial charge in [-0.05, 0) is 26.3 Å². The van der Waals surface area contributed by atoms with Gasteiger partial charge in [0.05, 0.1) is 12.1 Å². The fourth-order valence-corrected chi connectivity index (χ4v) is 1.28. The van der Waals surface area contributed by atoms with Crippen LogP contribution in [0.5, 0.6) is 0 Å². The van der Waals surface area contributed by atoms with Crippen molar-refractivity contribution in [3.8, 4) is 0 Å². The normalized spacial score (nSPS) is 14.4. The monoisotopic (exact) mass is 206 g/mol. The maximum atomic E-state index is 11.4. The van der Waals surface area contributed by atoms with E-state index in [1.807, 2.05) is 38.1 Å². The van der Waals surface area contributed by atoms with E-state index < -0.39 is 6.04 Å². The maximum absolute atomic E-state index is 11.4. The lowest BCUT2D eigenvalue weighted by atomic mass is 10.1. The summed E-state index contributed by atoms with van der Waals surface area (Å²) in [5, 5.41) is 2.85. The molecule has 1 amide bonds. The van der Waals surface area contributed by atoms with Gasteiger partial charge < -0.3 is 11.1 Å². The van der Waals surface area contributed by atoms with E-state index in [0.717, 1.165) is 5.56 Å². The van der Waals surface area contributed by atoms with Crippen LogP contribution in [-0.4, -0.2) is 11.9 Å². The van der Waals surface area contributed by atoms with Crippen LogP contribution in [0.1, 0.15) is 31.0 Å². The number of amides is 1. The summed E-state index contributed by atoms with van der Waals surface area (Å²) in [6.07, 6.45) is 0. The molecule has 82 valence electrons. The highest BCUT2D eigenvalue weighted by Crippen LogP contribution is 2.12. The van der Waals surface area contributed by atoms with E-state index in [-0.39, 0.29) is 11.9 Å². The summed E-state index contributed by atoms with van der Waals surface area (Å²) in [7, 11) is 0. The quantitative estimate of drug-likeness (QED) is 0.787. The van der Waals surface area contributed by atoms with Crippen LogP contribution in [-0.2, 0) is 4.79 Å². The van der Waals surface area contributed by atoms with E-state index in [4.69, 9.17) is 5.73 Å². The molecule has 0 aromatic heterocycles. The number of carbonyl (C=O) groups is 1. The first-order valence-corrected chi connectivity index (χ1v) is 5.13. The number of hydrogen-bond acceptors (Lipinski definition) is 2. The molecule has 3 nitrogen and oxygen atoms in total. The Kier molecular flexibility index (Phi) is 3.86. The molecule has 0 aliphatic carbocycles. The molecule has 1 aromatic rings. The Morgan fingerprint density at radius 1 is 1.27 bits per heavy atom. The fourth-order valence-electron chi connectivity index (χ4n) is 1.28. The van der Waals surface area contributed by atoms with Gasteiger partial charge in [-0.15, -0.1) is 0 Å². The van der Waals surface area contributed by atoms with E-state index in [2.05, 4.69) is 5.32 Å². The first kappa shape index (κ1) is 11.7. The van der Waals surface area contributed by atoms with Crippen LogP contribution in [0.25, 0.3) is 0 Å². The number of benzene rings is 1. The number of nitrogens with two attached hydrogens (primary N) is 1. The number of nitrogens with one attached hydrogen (secondary N) is 1. The molecule has 1 aromatic carbocycles. The standard InChI is InChI=1S/C12H18N2O/c1-8-4-6-11(7-5-8)10(3)14-12(15)9(2)13/h4-7,9-10H,13H2,1-3H3,(H,14,15). The highest BCUT2D eigenvalue weighted by molar-refractivity contribution is 5.81. The predicted molar refractivity (Wildman–Crippen MR) is 61.4 cm³/mol. The van der Waals surface area contributed by atoms with E-state index in [9.17, 15) is 4.79 Å². The van der Waals surface area contributed by atoms with Crippen molar-refractivity contribution in [1.29, 1.82) is 0 Å². The minimum absolute atomic E-state index is 0.00380. The Labute approximate surface area is 90.7 Å². The highest BCUT2D eigenvalue weighted by atomic mass is 16.2. The minimum Gasteiger partial charge on any atom is -0.348 e. The second kappa shape index (κ2) is 4.94. The van der Waals surface area contributed by atoms with Crippen LogP contribution in [0.3, 0.4) is 0 Å². The Bertz CT molecular complexity index is 330. The van der Waals surface area contributed by atoms with Crippen molar-refractivity contribution in [3.63, 3.8) is 0 Å². The minimum atomic E-state index is -0.460. The summed E-state index contributed by atoms with van der Waals surface area (Å²) in [6, 6.07) is 7.64. The third kappa shape index (κ3) is 3.36. The molecule has 0 radical (unpaired) electrons. The first-order chi connectivity index (χ1) is 7.00. The molecule has 0 bridgehead atoms. The summed E-state index contributed by atoms with van der Waals surface area (Å²) < 4.78 is 0. The van der Waals surface area contributed by atoms with Crippen molar-refractivity contribution in [3.05, 3.63) is 35.4 Å². The molecule has 3 heteroatoms. The van der Waals surface area contributed by atoms with Crippen molar-refractivity contribution in [2.45, 2.75) is 32.9 Å².